The number of fused-ring (bicyclic) bond motifs is 9. The standard InChI is InChI=1S/C54H35N3/c1-3-16-36(17-4-1)37-18-13-21-40(34-37)55-49-29-12-9-24-45(49)53-41(25-14-30-51(53)55)38-32-33-50-46(35-38)43-23-8-11-28-48(43)57(50)52-31-15-26-44-42-22-7-10-27-47(42)56(54(44)52)39-19-5-2-6-20-39/h1-35H/i7D,8D,9D,10D,11D,12D,14D,15D,22D,23D,24D,25D,26D,27D,28D,29D,30D,31D,32D,33D,35D. The van der Waals surface area contributed by atoms with Crippen LogP contribution in [0.2, 0.25) is 0 Å². The Morgan fingerprint density at radius 2 is 0.930 bits per heavy atom. The Kier molecular flexibility index (Phi) is 3.81. The normalized spacial score (nSPS) is 17.0. The molecule has 0 spiro atoms. The van der Waals surface area contributed by atoms with Crippen LogP contribution >= 0.6 is 0 Å². The topological polar surface area (TPSA) is 14.8 Å². The SMILES string of the molecule is [2H]c1c([2H])c([2H])c2c(c1[2H])c1c(-c3c([2H])c([2H])c4c(c3[2H])c3c([2H])c([2H])c([2H])c([2H])c3n4-c3c([2H])c([2H])c([2H])c4c5c([2H])c([2H])c([2H])c([2H])c5n(-c5ccccc5)c34)c([2H])c([2H])c([2H])c1n2-c1cccc(-c2ccccc2)c1. The van der Waals surface area contributed by atoms with Crippen LogP contribution in [0.1, 0.15) is 28.8 Å². The molecule has 3 heteroatoms. The third kappa shape index (κ3) is 4.73. The molecule has 3 nitrogen and oxygen atoms in total. The molecule has 57 heavy (non-hydrogen) atoms. The maximum atomic E-state index is 10.3. The van der Waals surface area contributed by atoms with Crippen LogP contribution in [0.4, 0.5) is 0 Å². The van der Waals surface area contributed by atoms with Crippen molar-refractivity contribution in [3.8, 4) is 39.3 Å². The number of hydrogen-bond donors (Lipinski definition) is 0. The van der Waals surface area contributed by atoms with Crippen molar-refractivity contribution < 1.29 is 28.8 Å². The van der Waals surface area contributed by atoms with Crippen LogP contribution in [0.25, 0.3) is 105 Å². The summed E-state index contributed by atoms with van der Waals surface area (Å²) in [7, 11) is 0. The average Bonchev–Trinajstić information content (AvgIpc) is 3.90. The van der Waals surface area contributed by atoms with Gasteiger partial charge in [0.2, 0.25) is 0 Å². The zero-order valence-corrected chi connectivity index (χ0v) is 29.4. The number of aromatic nitrogens is 3. The highest BCUT2D eigenvalue weighted by atomic mass is 15.1. The first kappa shape index (κ1) is 17.5. The van der Waals surface area contributed by atoms with Crippen LogP contribution < -0.4 is 0 Å². The molecule has 3 aromatic heterocycles. The maximum absolute atomic E-state index is 10.3. The second kappa shape index (κ2) is 12.5. The molecule has 0 radical (unpaired) electrons. The zero-order chi connectivity index (χ0) is 55.7. The Morgan fingerprint density at radius 3 is 1.72 bits per heavy atom. The van der Waals surface area contributed by atoms with Crippen LogP contribution in [0, 0.1) is 0 Å². The highest BCUT2D eigenvalue weighted by Crippen LogP contribution is 2.43. The predicted molar refractivity (Wildman–Crippen MR) is 240 cm³/mol. The fourth-order valence-electron chi connectivity index (χ4n) is 7.89. The van der Waals surface area contributed by atoms with Crippen LogP contribution in [0.3, 0.4) is 0 Å². The highest BCUT2D eigenvalue weighted by Gasteiger charge is 2.21. The van der Waals surface area contributed by atoms with E-state index >= 15 is 0 Å². The van der Waals surface area contributed by atoms with Crippen LogP contribution in [-0.4, -0.2) is 13.7 Å². The van der Waals surface area contributed by atoms with Gasteiger partial charge in [0.1, 0.15) is 0 Å². The summed E-state index contributed by atoms with van der Waals surface area (Å²) in [5.74, 6) is 0. The van der Waals surface area contributed by atoms with Crippen molar-refractivity contribution in [2.45, 2.75) is 0 Å². The van der Waals surface area contributed by atoms with Gasteiger partial charge < -0.3 is 13.7 Å². The summed E-state index contributed by atoms with van der Waals surface area (Å²) < 4.78 is 200. The van der Waals surface area contributed by atoms with E-state index in [1.54, 1.807) is 48.5 Å². The fraction of sp³-hybridized carbons (Fsp3) is 0. The molecule has 0 aliphatic carbocycles. The summed E-state index contributed by atoms with van der Waals surface area (Å²) in [4.78, 5) is 0. The Balaban J connectivity index is 1.32. The minimum absolute atomic E-state index is 0.177. The summed E-state index contributed by atoms with van der Waals surface area (Å²) in [6, 6.07) is 9.13. The minimum Gasteiger partial charge on any atom is -0.309 e. The summed E-state index contributed by atoms with van der Waals surface area (Å²) >= 11 is 0. The molecule has 0 amide bonds. The Labute approximate surface area is 359 Å². The van der Waals surface area contributed by atoms with Gasteiger partial charge in [0.25, 0.3) is 0 Å². The van der Waals surface area contributed by atoms with E-state index in [1.807, 2.05) is 36.4 Å². The molecule has 0 fully saturated rings. The molecule has 12 aromatic rings. The first-order chi connectivity index (χ1) is 37.1. The summed E-state index contributed by atoms with van der Waals surface area (Å²) in [6.07, 6.45) is 0. The van der Waals surface area contributed by atoms with Crippen molar-refractivity contribution in [3.63, 3.8) is 0 Å². The van der Waals surface area contributed by atoms with Crippen molar-refractivity contribution in [2.24, 2.45) is 0 Å². The first-order valence-electron chi connectivity index (χ1n) is 28.4. The molecule has 0 atom stereocenters. The van der Waals surface area contributed by atoms with Crippen molar-refractivity contribution in [1.29, 1.82) is 0 Å². The van der Waals surface area contributed by atoms with E-state index in [4.69, 9.17) is 9.60 Å². The monoisotopic (exact) mass is 746 g/mol. The Morgan fingerprint density at radius 1 is 0.351 bits per heavy atom. The third-order valence-corrected chi connectivity index (χ3v) is 10.3. The molecule has 9 aromatic carbocycles. The quantitative estimate of drug-likeness (QED) is 0.167. The minimum atomic E-state index is -0.860. The first-order valence-corrected chi connectivity index (χ1v) is 17.9. The lowest BCUT2D eigenvalue weighted by Gasteiger charge is -2.14. The second-order valence-corrected chi connectivity index (χ2v) is 13.3. The molecular weight excluding hydrogens is 691 g/mol. The molecule has 266 valence electrons. The summed E-state index contributed by atoms with van der Waals surface area (Å²) in [5.41, 5.74) is -1.34. The van der Waals surface area contributed by atoms with Gasteiger partial charge in [-0.2, -0.15) is 0 Å². The van der Waals surface area contributed by atoms with Gasteiger partial charge in [-0.3, -0.25) is 0 Å². The fourth-order valence-corrected chi connectivity index (χ4v) is 7.89. The van der Waals surface area contributed by atoms with Crippen LogP contribution in [0.15, 0.2) is 212 Å². The second-order valence-electron chi connectivity index (χ2n) is 13.3. The highest BCUT2D eigenvalue weighted by molar-refractivity contribution is 6.18. The zero-order valence-electron chi connectivity index (χ0n) is 50.4. The number of benzene rings is 9. The molecule has 12 rings (SSSR count). The van der Waals surface area contributed by atoms with Crippen LogP contribution in [0.5, 0.6) is 0 Å². The summed E-state index contributed by atoms with van der Waals surface area (Å²) in [5, 5.41) is -1.89. The molecule has 0 saturated heterocycles. The van der Waals surface area contributed by atoms with Crippen molar-refractivity contribution in [3.05, 3.63) is 212 Å². The molecular formula is C54H35N3. The lowest BCUT2D eigenvalue weighted by molar-refractivity contribution is 1.13. The van der Waals surface area contributed by atoms with Gasteiger partial charge in [0.05, 0.1) is 67.6 Å². The van der Waals surface area contributed by atoms with E-state index in [9.17, 15) is 19.2 Å². The lowest BCUT2D eigenvalue weighted by atomic mass is 9.98. The van der Waals surface area contributed by atoms with E-state index < -0.39 is 166 Å². The van der Waals surface area contributed by atoms with E-state index in [2.05, 4.69) is 0 Å². The molecule has 0 aliphatic heterocycles. The average molecular weight is 747 g/mol. The van der Waals surface area contributed by atoms with Gasteiger partial charge in [0.15, 0.2) is 0 Å². The maximum Gasteiger partial charge on any atom is 0.0782 e. The molecule has 0 saturated carbocycles. The number of para-hydroxylation sites is 5. The van der Waals surface area contributed by atoms with Gasteiger partial charge in [-0.1, -0.05) is 145 Å². The van der Waals surface area contributed by atoms with E-state index in [-0.39, 0.29) is 55.0 Å². The van der Waals surface area contributed by atoms with Gasteiger partial charge in [0, 0.05) is 43.7 Å². The number of hydrogen-bond acceptors (Lipinski definition) is 0. The van der Waals surface area contributed by atoms with Crippen molar-refractivity contribution in [1.82, 2.24) is 13.7 Å². The Hall–Kier alpha value is -7.62. The van der Waals surface area contributed by atoms with Gasteiger partial charge in [-0.15, -0.1) is 0 Å². The van der Waals surface area contributed by atoms with Gasteiger partial charge in [-0.25, -0.2) is 0 Å². The largest absolute Gasteiger partial charge is 0.309 e. The van der Waals surface area contributed by atoms with Crippen LogP contribution in [-0.2, 0) is 0 Å². The number of nitrogens with zero attached hydrogens (tertiary/aromatic N) is 3. The Bertz CT molecular complexity index is 4740. The molecule has 0 N–H and O–H groups in total. The van der Waals surface area contributed by atoms with Gasteiger partial charge >= 0.3 is 0 Å². The smallest absolute Gasteiger partial charge is 0.0782 e. The third-order valence-electron chi connectivity index (χ3n) is 10.3. The molecule has 3 heterocycles. The van der Waals surface area contributed by atoms with Crippen molar-refractivity contribution in [2.75, 3.05) is 0 Å². The predicted octanol–water partition coefficient (Wildman–Crippen LogP) is 14.3. The van der Waals surface area contributed by atoms with E-state index in [1.165, 1.54) is 9.13 Å². The van der Waals surface area contributed by atoms with E-state index in [0.29, 0.717) is 5.56 Å². The molecule has 0 bridgehead atoms. The van der Waals surface area contributed by atoms with E-state index in [0.717, 1.165) is 10.1 Å². The number of rotatable bonds is 5. The van der Waals surface area contributed by atoms with Gasteiger partial charge in [-0.05, 0) is 88.8 Å². The molecule has 0 unspecified atom stereocenters. The molecule has 0 aliphatic rings. The summed E-state index contributed by atoms with van der Waals surface area (Å²) in [6.45, 7) is 0. The lowest BCUT2D eigenvalue weighted by Crippen LogP contribution is -2.00. The van der Waals surface area contributed by atoms with Crippen molar-refractivity contribution >= 4 is 65.4 Å².